The maximum Gasteiger partial charge on any atom is 0.293 e. The van der Waals surface area contributed by atoms with Crippen molar-refractivity contribution < 1.29 is 14.5 Å². The van der Waals surface area contributed by atoms with Gasteiger partial charge in [0.15, 0.2) is 0 Å². The van der Waals surface area contributed by atoms with E-state index in [2.05, 4.69) is 42.8 Å². The summed E-state index contributed by atoms with van der Waals surface area (Å²) in [5, 5.41) is 14.7. The van der Waals surface area contributed by atoms with Crippen LogP contribution in [0, 0.1) is 22.0 Å². The van der Waals surface area contributed by atoms with Crippen LogP contribution in [0.3, 0.4) is 0 Å². The number of rotatable bonds is 6. The predicted octanol–water partition coefficient (Wildman–Crippen LogP) is 2.92. The maximum atomic E-state index is 12.8. The highest BCUT2D eigenvalue weighted by Crippen LogP contribution is 2.33. The number of amides is 1. The molecule has 2 fully saturated rings. The van der Waals surface area contributed by atoms with Gasteiger partial charge in [0.05, 0.1) is 18.1 Å². The van der Waals surface area contributed by atoms with E-state index >= 15 is 0 Å². The summed E-state index contributed by atoms with van der Waals surface area (Å²) in [6, 6.07) is 4.84. The summed E-state index contributed by atoms with van der Waals surface area (Å²) in [4.78, 5) is 28.5. The van der Waals surface area contributed by atoms with Gasteiger partial charge in [-0.25, -0.2) is 0 Å². The first-order valence-electron chi connectivity index (χ1n) is 10.8. The summed E-state index contributed by atoms with van der Waals surface area (Å²) < 4.78 is 5.40. The topological polar surface area (TPSA) is 88.0 Å². The van der Waals surface area contributed by atoms with Crippen LogP contribution >= 0.6 is 0 Å². The summed E-state index contributed by atoms with van der Waals surface area (Å²) in [6.07, 6.45) is 1.13. The third-order valence-electron chi connectivity index (χ3n) is 6.19. The first-order valence-corrected chi connectivity index (χ1v) is 10.8. The Bertz CT molecular complexity index is 766. The highest BCUT2D eigenvalue weighted by atomic mass is 16.6. The van der Waals surface area contributed by atoms with Gasteiger partial charge in [0.2, 0.25) is 0 Å². The fourth-order valence-corrected chi connectivity index (χ4v) is 4.62. The largest absolute Gasteiger partial charge is 0.379 e. The highest BCUT2D eigenvalue weighted by Gasteiger charge is 2.30. The molecule has 0 aliphatic carbocycles. The quantitative estimate of drug-likeness (QED) is 0.565. The fourth-order valence-electron chi connectivity index (χ4n) is 4.62. The number of nitrogens with zero attached hydrogens (tertiary/aromatic N) is 3. The van der Waals surface area contributed by atoms with Crippen molar-refractivity contribution in [2.24, 2.45) is 11.8 Å². The SMILES string of the molecule is CC1CC(C)CN(c2ccc(C(=O)NCC(C)(C)N3CCOCC3)cc2[N+](=O)[O-])C1. The first kappa shape index (κ1) is 22.5. The number of hydrogen-bond acceptors (Lipinski definition) is 6. The van der Waals surface area contributed by atoms with Crippen LogP contribution in [0.5, 0.6) is 0 Å². The number of hydrogen-bond donors (Lipinski definition) is 1. The van der Waals surface area contributed by atoms with Gasteiger partial charge in [-0.1, -0.05) is 13.8 Å². The zero-order valence-electron chi connectivity index (χ0n) is 18.5. The van der Waals surface area contributed by atoms with Gasteiger partial charge in [-0.2, -0.15) is 0 Å². The minimum absolute atomic E-state index is 0.00334. The number of morpholine rings is 1. The molecular formula is C22H34N4O4. The van der Waals surface area contributed by atoms with Crippen LogP contribution in [0.2, 0.25) is 0 Å². The van der Waals surface area contributed by atoms with Gasteiger partial charge in [0.1, 0.15) is 5.69 Å². The summed E-state index contributed by atoms with van der Waals surface area (Å²) >= 11 is 0. The number of nitro groups is 1. The average molecular weight is 419 g/mol. The Morgan fingerprint density at radius 1 is 1.23 bits per heavy atom. The number of benzene rings is 1. The maximum absolute atomic E-state index is 12.8. The molecule has 0 saturated carbocycles. The Balaban J connectivity index is 1.72. The minimum atomic E-state index is -0.381. The summed E-state index contributed by atoms with van der Waals surface area (Å²) in [5.74, 6) is 0.684. The molecule has 1 amide bonds. The van der Waals surface area contributed by atoms with Gasteiger partial charge in [0.25, 0.3) is 11.6 Å². The lowest BCUT2D eigenvalue weighted by Crippen LogP contribution is -2.55. The van der Waals surface area contributed by atoms with E-state index in [1.165, 1.54) is 6.07 Å². The standard InChI is InChI=1S/C22H34N4O4/c1-16-11-17(2)14-24(13-16)19-6-5-18(12-20(19)26(28)29)21(27)23-15-22(3,4)25-7-9-30-10-8-25/h5-6,12,16-17H,7-11,13-15H2,1-4H3,(H,23,27). The Kier molecular flexibility index (Phi) is 6.98. The molecule has 2 atom stereocenters. The van der Waals surface area contributed by atoms with Gasteiger partial charge >= 0.3 is 0 Å². The second-order valence-corrected chi connectivity index (χ2v) is 9.41. The van der Waals surface area contributed by atoms with Crippen molar-refractivity contribution in [3.63, 3.8) is 0 Å². The van der Waals surface area contributed by atoms with E-state index < -0.39 is 0 Å². The lowest BCUT2D eigenvalue weighted by Gasteiger charge is -2.40. The molecule has 3 rings (SSSR count). The monoisotopic (exact) mass is 418 g/mol. The number of nitrogens with one attached hydrogen (secondary N) is 1. The van der Waals surface area contributed by atoms with Crippen molar-refractivity contribution in [1.29, 1.82) is 0 Å². The van der Waals surface area contributed by atoms with Gasteiger partial charge in [-0.3, -0.25) is 19.8 Å². The Labute approximate surface area is 178 Å². The molecule has 1 aromatic rings. The molecule has 2 aliphatic rings. The molecule has 1 N–H and O–H groups in total. The summed E-state index contributed by atoms with van der Waals surface area (Å²) in [5.41, 5.74) is 0.701. The van der Waals surface area contributed by atoms with Crippen LogP contribution in [-0.4, -0.2) is 67.2 Å². The molecule has 2 heterocycles. The van der Waals surface area contributed by atoms with Crippen LogP contribution in [0.1, 0.15) is 44.5 Å². The first-order chi connectivity index (χ1) is 14.2. The Morgan fingerprint density at radius 2 is 1.87 bits per heavy atom. The van der Waals surface area contributed by atoms with Gasteiger partial charge in [-0.15, -0.1) is 0 Å². The van der Waals surface area contributed by atoms with Crippen LogP contribution in [-0.2, 0) is 4.74 Å². The molecule has 2 unspecified atom stereocenters. The normalized spacial score (nSPS) is 23.3. The molecule has 0 radical (unpaired) electrons. The van der Waals surface area contributed by atoms with Crippen molar-refractivity contribution >= 4 is 17.3 Å². The Morgan fingerprint density at radius 3 is 2.47 bits per heavy atom. The van der Waals surface area contributed by atoms with E-state index in [4.69, 9.17) is 4.74 Å². The van der Waals surface area contributed by atoms with Crippen LogP contribution < -0.4 is 10.2 Å². The van der Waals surface area contributed by atoms with Crippen molar-refractivity contribution in [2.45, 2.75) is 39.7 Å². The third kappa shape index (κ3) is 5.29. The van der Waals surface area contributed by atoms with E-state index in [0.29, 0.717) is 42.8 Å². The number of carbonyl (C=O) groups excluding carboxylic acids is 1. The molecule has 166 valence electrons. The van der Waals surface area contributed by atoms with Gasteiger partial charge in [0, 0.05) is 49.9 Å². The van der Waals surface area contributed by atoms with Crippen molar-refractivity contribution in [3.8, 4) is 0 Å². The predicted molar refractivity (Wildman–Crippen MR) is 117 cm³/mol. The van der Waals surface area contributed by atoms with Crippen molar-refractivity contribution in [1.82, 2.24) is 10.2 Å². The summed E-state index contributed by atoms with van der Waals surface area (Å²) in [7, 11) is 0. The minimum Gasteiger partial charge on any atom is -0.379 e. The number of anilines is 1. The number of piperidine rings is 1. The highest BCUT2D eigenvalue weighted by molar-refractivity contribution is 5.95. The lowest BCUT2D eigenvalue weighted by atomic mass is 9.91. The second kappa shape index (κ2) is 9.31. The Hall–Kier alpha value is -2.19. The zero-order valence-corrected chi connectivity index (χ0v) is 18.5. The number of ether oxygens (including phenoxy) is 1. The second-order valence-electron chi connectivity index (χ2n) is 9.41. The van der Waals surface area contributed by atoms with E-state index in [9.17, 15) is 14.9 Å². The average Bonchev–Trinajstić information content (AvgIpc) is 2.71. The van der Waals surface area contributed by atoms with E-state index in [1.54, 1.807) is 12.1 Å². The molecule has 0 bridgehead atoms. The summed E-state index contributed by atoms with van der Waals surface area (Å²) in [6.45, 7) is 13.6. The smallest absolute Gasteiger partial charge is 0.293 e. The van der Waals surface area contributed by atoms with E-state index in [1.807, 2.05) is 0 Å². The number of carbonyl (C=O) groups is 1. The molecule has 1 aromatic carbocycles. The third-order valence-corrected chi connectivity index (χ3v) is 6.19. The van der Waals surface area contributed by atoms with E-state index in [0.717, 1.165) is 32.6 Å². The molecular weight excluding hydrogens is 384 g/mol. The van der Waals surface area contributed by atoms with Crippen LogP contribution in [0.25, 0.3) is 0 Å². The van der Waals surface area contributed by atoms with Gasteiger partial charge < -0.3 is 15.0 Å². The lowest BCUT2D eigenvalue weighted by molar-refractivity contribution is -0.384. The van der Waals surface area contributed by atoms with Gasteiger partial charge in [-0.05, 0) is 44.2 Å². The molecule has 0 aromatic heterocycles. The zero-order chi connectivity index (χ0) is 21.9. The fraction of sp³-hybridized carbons (Fsp3) is 0.682. The molecule has 2 saturated heterocycles. The van der Waals surface area contributed by atoms with Crippen molar-refractivity contribution in [3.05, 3.63) is 33.9 Å². The van der Waals surface area contributed by atoms with E-state index in [-0.39, 0.29) is 22.1 Å². The number of nitro benzene ring substituents is 1. The molecule has 30 heavy (non-hydrogen) atoms. The molecule has 2 aliphatic heterocycles. The molecule has 0 spiro atoms. The molecule has 8 heteroatoms. The molecule has 8 nitrogen and oxygen atoms in total. The van der Waals surface area contributed by atoms with Crippen LogP contribution in [0.4, 0.5) is 11.4 Å². The van der Waals surface area contributed by atoms with Crippen LogP contribution in [0.15, 0.2) is 18.2 Å². The van der Waals surface area contributed by atoms with Crippen molar-refractivity contribution in [2.75, 3.05) is 50.8 Å².